The third kappa shape index (κ3) is 3.87. The first kappa shape index (κ1) is 14.7. The summed E-state index contributed by atoms with van der Waals surface area (Å²) in [4.78, 5) is 0. The van der Waals surface area contributed by atoms with Crippen molar-refractivity contribution in [3.8, 4) is 5.75 Å². The lowest BCUT2D eigenvalue weighted by atomic mass is 10.2. The highest BCUT2D eigenvalue weighted by Gasteiger charge is 2.06. The Morgan fingerprint density at radius 1 is 1.20 bits per heavy atom. The third-order valence-electron chi connectivity index (χ3n) is 2.84. The summed E-state index contributed by atoms with van der Waals surface area (Å²) in [5.74, 6) is 0.500. The van der Waals surface area contributed by atoms with Crippen molar-refractivity contribution in [1.82, 2.24) is 0 Å². The smallest absolute Gasteiger partial charge is 0.129 e. The Morgan fingerprint density at radius 2 is 2.00 bits per heavy atom. The fourth-order valence-corrected chi connectivity index (χ4v) is 2.04. The average molecular weight is 294 g/mol. The maximum Gasteiger partial charge on any atom is 0.129 e. The van der Waals surface area contributed by atoms with E-state index in [1.165, 1.54) is 6.07 Å². The molecule has 0 bridgehead atoms. The lowest BCUT2D eigenvalue weighted by molar-refractivity contribution is 0.317. The Labute approximate surface area is 123 Å². The molecule has 2 aromatic carbocycles. The van der Waals surface area contributed by atoms with Crippen LogP contribution < -0.4 is 10.1 Å². The molecule has 2 aromatic rings. The first-order valence-electron chi connectivity index (χ1n) is 6.60. The van der Waals surface area contributed by atoms with Crippen LogP contribution in [0.3, 0.4) is 0 Å². The van der Waals surface area contributed by atoms with Gasteiger partial charge in [0.1, 0.15) is 11.6 Å². The van der Waals surface area contributed by atoms with Gasteiger partial charge in [0.15, 0.2) is 0 Å². The number of rotatable bonds is 6. The van der Waals surface area contributed by atoms with Gasteiger partial charge in [-0.3, -0.25) is 0 Å². The van der Waals surface area contributed by atoms with E-state index in [-0.39, 0.29) is 5.82 Å². The van der Waals surface area contributed by atoms with Gasteiger partial charge in [0.25, 0.3) is 0 Å². The molecule has 0 aromatic heterocycles. The van der Waals surface area contributed by atoms with Crippen LogP contribution in [-0.4, -0.2) is 6.61 Å². The Kier molecular flexibility index (Phi) is 5.24. The zero-order chi connectivity index (χ0) is 14.4. The number of nitrogens with one attached hydrogen (secondary N) is 1. The van der Waals surface area contributed by atoms with E-state index < -0.39 is 0 Å². The van der Waals surface area contributed by atoms with Crippen molar-refractivity contribution in [2.45, 2.75) is 19.9 Å². The van der Waals surface area contributed by atoms with Crippen LogP contribution in [0.15, 0.2) is 42.5 Å². The fraction of sp³-hybridized carbons (Fsp3) is 0.250. The van der Waals surface area contributed by atoms with Crippen molar-refractivity contribution >= 4 is 17.3 Å². The van der Waals surface area contributed by atoms with Crippen molar-refractivity contribution in [2.75, 3.05) is 11.9 Å². The van der Waals surface area contributed by atoms with Crippen LogP contribution in [0.25, 0.3) is 0 Å². The fourth-order valence-electron chi connectivity index (χ4n) is 1.81. The molecular formula is C16H17ClFNO. The van der Waals surface area contributed by atoms with Gasteiger partial charge in [-0.2, -0.15) is 0 Å². The van der Waals surface area contributed by atoms with Gasteiger partial charge in [-0.1, -0.05) is 30.7 Å². The monoisotopic (exact) mass is 293 g/mol. The molecule has 0 fully saturated rings. The second-order valence-electron chi connectivity index (χ2n) is 4.43. The van der Waals surface area contributed by atoms with E-state index in [1.54, 1.807) is 12.1 Å². The standard InChI is InChI=1S/C16H17ClFNO/c1-2-9-20-13-6-3-5-12(10-13)19-11-14-15(17)7-4-8-16(14)18/h3-8,10,19H,2,9,11H2,1H3. The minimum Gasteiger partial charge on any atom is -0.494 e. The number of halogens is 2. The van der Waals surface area contributed by atoms with Crippen LogP contribution in [0.5, 0.6) is 5.75 Å². The van der Waals surface area contributed by atoms with E-state index in [0.717, 1.165) is 17.9 Å². The summed E-state index contributed by atoms with van der Waals surface area (Å²) in [5, 5.41) is 3.58. The first-order chi connectivity index (χ1) is 9.70. The van der Waals surface area contributed by atoms with Gasteiger partial charge < -0.3 is 10.1 Å². The van der Waals surface area contributed by atoms with Gasteiger partial charge in [-0.25, -0.2) is 4.39 Å². The molecule has 0 saturated heterocycles. The van der Waals surface area contributed by atoms with E-state index in [2.05, 4.69) is 12.2 Å². The maximum absolute atomic E-state index is 13.6. The molecule has 2 rings (SSSR count). The summed E-state index contributed by atoms with van der Waals surface area (Å²) in [7, 11) is 0. The second kappa shape index (κ2) is 7.15. The highest BCUT2D eigenvalue weighted by atomic mass is 35.5. The minimum absolute atomic E-state index is 0.302. The van der Waals surface area contributed by atoms with Gasteiger partial charge in [0.2, 0.25) is 0 Å². The van der Waals surface area contributed by atoms with Crippen molar-refractivity contribution in [1.29, 1.82) is 0 Å². The molecule has 0 aliphatic heterocycles. The summed E-state index contributed by atoms with van der Waals surface area (Å²) in [6.07, 6.45) is 0.961. The van der Waals surface area contributed by atoms with E-state index in [4.69, 9.17) is 16.3 Å². The Morgan fingerprint density at radius 3 is 2.75 bits per heavy atom. The lowest BCUT2D eigenvalue weighted by Crippen LogP contribution is -2.03. The predicted molar refractivity (Wildman–Crippen MR) is 81.0 cm³/mol. The van der Waals surface area contributed by atoms with Gasteiger partial charge in [-0.15, -0.1) is 0 Å². The molecule has 106 valence electrons. The summed E-state index contributed by atoms with van der Waals surface area (Å²) in [6, 6.07) is 12.3. The second-order valence-corrected chi connectivity index (χ2v) is 4.84. The lowest BCUT2D eigenvalue weighted by Gasteiger charge is -2.11. The Hall–Kier alpha value is -1.74. The molecule has 0 spiro atoms. The molecule has 0 radical (unpaired) electrons. The number of hydrogen-bond acceptors (Lipinski definition) is 2. The SMILES string of the molecule is CCCOc1cccc(NCc2c(F)cccc2Cl)c1. The molecule has 0 unspecified atom stereocenters. The summed E-state index contributed by atoms with van der Waals surface area (Å²) < 4.78 is 19.2. The zero-order valence-corrected chi connectivity index (χ0v) is 12.1. The van der Waals surface area contributed by atoms with Gasteiger partial charge >= 0.3 is 0 Å². The normalized spacial score (nSPS) is 10.3. The van der Waals surface area contributed by atoms with Gasteiger partial charge in [0, 0.05) is 28.9 Å². The minimum atomic E-state index is -0.302. The average Bonchev–Trinajstić information content (AvgIpc) is 2.45. The molecule has 0 atom stereocenters. The number of anilines is 1. The summed E-state index contributed by atoms with van der Waals surface area (Å²) >= 11 is 5.99. The van der Waals surface area contributed by atoms with E-state index in [0.29, 0.717) is 23.7 Å². The Balaban J connectivity index is 2.03. The van der Waals surface area contributed by atoms with Gasteiger partial charge in [0.05, 0.1) is 6.61 Å². The quantitative estimate of drug-likeness (QED) is 0.819. The Bertz CT molecular complexity index is 554. The molecule has 1 N–H and O–H groups in total. The number of ether oxygens (including phenoxy) is 1. The van der Waals surface area contributed by atoms with E-state index >= 15 is 0 Å². The third-order valence-corrected chi connectivity index (χ3v) is 3.19. The molecule has 0 amide bonds. The molecule has 0 heterocycles. The molecule has 0 aliphatic carbocycles. The topological polar surface area (TPSA) is 21.3 Å². The molecule has 20 heavy (non-hydrogen) atoms. The molecule has 2 nitrogen and oxygen atoms in total. The molecular weight excluding hydrogens is 277 g/mol. The van der Waals surface area contributed by atoms with Crippen LogP contribution in [0.1, 0.15) is 18.9 Å². The predicted octanol–water partition coefficient (Wildman–Crippen LogP) is 4.88. The van der Waals surface area contributed by atoms with E-state index in [1.807, 2.05) is 24.3 Å². The van der Waals surface area contributed by atoms with Crippen LogP contribution in [0.2, 0.25) is 5.02 Å². The van der Waals surface area contributed by atoms with Crippen molar-refractivity contribution in [2.24, 2.45) is 0 Å². The highest BCUT2D eigenvalue weighted by molar-refractivity contribution is 6.31. The summed E-state index contributed by atoms with van der Waals surface area (Å²) in [6.45, 7) is 3.08. The summed E-state index contributed by atoms with van der Waals surface area (Å²) in [5.41, 5.74) is 1.34. The largest absolute Gasteiger partial charge is 0.494 e. The molecule has 0 saturated carbocycles. The van der Waals surface area contributed by atoms with Crippen molar-refractivity contribution < 1.29 is 9.13 Å². The molecule has 4 heteroatoms. The van der Waals surface area contributed by atoms with Crippen LogP contribution in [0, 0.1) is 5.82 Å². The highest BCUT2D eigenvalue weighted by Crippen LogP contribution is 2.22. The zero-order valence-electron chi connectivity index (χ0n) is 11.3. The maximum atomic E-state index is 13.6. The van der Waals surface area contributed by atoms with Crippen molar-refractivity contribution in [3.05, 3.63) is 58.9 Å². The van der Waals surface area contributed by atoms with Crippen molar-refractivity contribution in [3.63, 3.8) is 0 Å². The van der Waals surface area contributed by atoms with Crippen LogP contribution in [0.4, 0.5) is 10.1 Å². The molecule has 0 aliphatic rings. The van der Waals surface area contributed by atoms with Crippen LogP contribution >= 0.6 is 11.6 Å². The number of hydrogen-bond donors (Lipinski definition) is 1. The van der Waals surface area contributed by atoms with Gasteiger partial charge in [-0.05, 0) is 30.7 Å². The first-order valence-corrected chi connectivity index (χ1v) is 6.98. The number of benzene rings is 2. The van der Waals surface area contributed by atoms with E-state index in [9.17, 15) is 4.39 Å². The van der Waals surface area contributed by atoms with Crippen LogP contribution in [-0.2, 0) is 6.54 Å².